The number of primary amides is 1. The first-order valence-electron chi connectivity index (χ1n) is 5.68. The van der Waals surface area contributed by atoms with Gasteiger partial charge < -0.3 is 21.5 Å². The molecule has 0 saturated carbocycles. The second-order valence-corrected chi connectivity index (χ2v) is 5.22. The van der Waals surface area contributed by atoms with Crippen molar-refractivity contribution >= 4 is 11.9 Å². The van der Waals surface area contributed by atoms with E-state index in [1.165, 1.54) is 0 Å². The molecule has 6 nitrogen and oxygen atoms in total. The molecule has 0 aliphatic heterocycles. The number of amides is 3. The van der Waals surface area contributed by atoms with Crippen LogP contribution in [0.25, 0.3) is 0 Å². The molecule has 6 heteroatoms. The first-order chi connectivity index (χ1) is 7.61. The third kappa shape index (κ3) is 8.50. The maximum absolute atomic E-state index is 11.8. The lowest BCUT2D eigenvalue weighted by Gasteiger charge is -2.22. The number of carbonyl (C=O) groups excluding carboxylic acids is 2. The number of hydrogen-bond acceptors (Lipinski definition) is 3. The van der Waals surface area contributed by atoms with Crippen LogP contribution in [0.3, 0.4) is 0 Å². The molecule has 0 fully saturated rings. The molecule has 0 spiro atoms. The Kier molecular flexibility index (Phi) is 5.95. The minimum Gasteiger partial charge on any atom is -0.389 e. The molecule has 0 heterocycles. The first-order valence-corrected chi connectivity index (χ1v) is 5.68. The number of rotatable bonds is 6. The molecule has 0 aliphatic carbocycles. The SMILES string of the molecule is CC(C)CC(NC(N)=O)C(=O)NCC(C)(C)O. The van der Waals surface area contributed by atoms with Gasteiger partial charge in [0.2, 0.25) is 5.91 Å². The van der Waals surface area contributed by atoms with Gasteiger partial charge in [-0.2, -0.15) is 0 Å². The predicted octanol–water partition coefficient (Wildman–Crippen LogP) is -0.0435. The predicted molar refractivity (Wildman–Crippen MR) is 65.3 cm³/mol. The van der Waals surface area contributed by atoms with Crippen LogP contribution in [0.1, 0.15) is 34.1 Å². The summed E-state index contributed by atoms with van der Waals surface area (Å²) in [7, 11) is 0. The minimum absolute atomic E-state index is 0.126. The van der Waals surface area contributed by atoms with Crippen molar-refractivity contribution in [3.8, 4) is 0 Å². The molecule has 17 heavy (non-hydrogen) atoms. The zero-order valence-corrected chi connectivity index (χ0v) is 10.9. The molecule has 0 aliphatic rings. The van der Waals surface area contributed by atoms with Gasteiger partial charge in [-0.25, -0.2) is 4.79 Å². The van der Waals surface area contributed by atoms with Gasteiger partial charge in [-0.1, -0.05) is 13.8 Å². The summed E-state index contributed by atoms with van der Waals surface area (Å²) in [4.78, 5) is 22.5. The minimum atomic E-state index is -0.981. The smallest absolute Gasteiger partial charge is 0.312 e. The van der Waals surface area contributed by atoms with E-state index in [1.807, 2.05) is 13.8 Å². The zero-order valence-electron chi connectivity index (χ0n) is 10.9. The zero-order chi connectivity index (χ0) is 13.6. The Labute approximate surface area is 102 Å². The molecule has 1 atom stereocenters. The third-order valence-electron chi connectivity index (χ3n) is 2.04. The summed E-state index contributed by atoms with van der Waals surface area (Å²) in [6.45, 7) is 7.19. The van der Waals surface area contributed by atoms with E-state index in [1.54, 1.807) is 13.8 Å². The van der Waals surface area contributed by atoms with Gasteiger partial charge in [0, 0.05) is 6.54 Å². The van der Waals surface area contributed by atoms with Crippen molar-refractivity contribution in [3.05, 3.63) is 0 Å². The molecule has 0 radical (unpaired) electrons. The molecule has 100 valence electrons. The van der Waals surface area contributed by atoms with E-state index in [4.69, 9.17) is 5.73 Å². The summed E-state index contributed by atoms with van der Waals surface area (Å²) in [5.74, 6) is -0.0839. The maximum atomic E-state index is 11.8. The van der Waals surface area contributed by atoms with Crippen molar-refractivity contribution in [2.24, 2.45) is 11.7 Å². The average Bonchev–Trinajstić information content (AvgIpc) is 2.10. The standard InChI is InChI=1S/C11H23N3O3/c1-7(2)5-8(14-10(12)16)9(15)13-6-11(3,4)17/h7-8,17H,5-6H2,1-4H3,(H,13,15)(H3,12,14,16). The van der Waals surface area contributed by atoms with Crippen LogP contribution in [-0.2, 0) is 4.79 Å². The Morgan fingerprint density at radius 1 is 1.35 bits per heavy atom. The first kappa shape index (κ1) is 15.7. The number of urea groups is 1. The second kappa shape index (κ2) is 6.44. The molecule has 5 N–H and O–H groups in total. The fourth-order valence-electron chi connectivity index (χ4n) is 1.30. The topological polar surface area (TPSA) is 104 Å². The number of nitrogens with two attached hydrogens (primary N) is 1. The van der Waals surface area contributed by atoms with Gasteiger partial charge in [0.05, 0.1) is 5.60 Å². The largest absolute Gasteiger partial charge is 0.389 e. The van der Waals surface area contributed by atoms with E-state index in [2.05, 4.69) is 10.6 Å². The van der Waals surface area contributed by atoms with E-state index < -0.39 is 17.7 Å². The number of hydrogen-bond donors (Lipinski definition) is 4. The van der Waals surface area contributed by atoms with Crippen LogP contribution in [0.15, 0.2) is 0 Å². The summed E-state index contributed by atoms with van der Waals surface area (Å²) in [6.07, 6.45) is 0.501. The van der Waals surface area contributed by atoms with Crippen molar-refractivity contribution in [1.82, 2.24) is 10.6 Å². The normalized spacial score (nSPS) is 13.3. The van der Waals surface area contributed by atoms with Gasteiger partial charge in [-0.05, 0) is 26.2 Å². The van der Waals surface area contributed by atoms with Crippen LogP contribution in [0.2, 0.25) is 0 Å². The highest BCUT2D eigenvalue weighted by molar-refractivity contribution is 5.86. The lowest BCUT2D eigenvalue weighted by Crippen LogP contribution is -2.51. The molecule has 0 aromatic heterocycles. The summed E-state index contributed by atoms with van der Waals surface area (Å²) < 4.78 is 0. The molecule has 0 saturated heterocycles. The van der Waals surface area contributed by atoms with Crippen molar-refractivity contribution in [3.63, 3.8) is 0 Å². The van der Waals surface area contributed by atoms with Crippen LogP contribution in [0.4, 0.5) is 4.79 Å². The van der Waals surface area contributed by atoms with Crippen molar-refractivity contribution in [2.45, 2.75) is 45.8 Å². The van der Waals surface area contributed by atoms with Crippen molar-refractivity contribution in [2.75, 3.05) is 6.54 Å². The summed E-state index contributed by atoms with van der Waals surface area (Å²) >= 11 is 0. The van der Waals surface area contributed by atoms with E-state index in [0.29, 0.717) is 6.42 Å². The fourth-order valence-corrected chi connectivity index (χ4v) is 1.30. The molecular weight excluding hydrogens is 222 g/mol. The highest BCUT2D eigenvalue weighted by atomic mass is 16.3. The number of carbonyl (C=O) groups is 2. The van der Waals surface area contributed by atoms with Crippen molar-refractivity contribution < 1.29 is 14.7 Å². The maximum Gasteiger partial charge on any atom is 0.312 e. The van der Waals surface area contributed by atoms with E-state index in [9.17, 15) is 14.7 Å². The third-order valence-corrected chi connectivity index (χ3v) is 2.04. The van der Waals surface area contributed by atoms with Crippen LogP contribution in [-0.4, -0.2) is 35.2 Å². The molecule has 0 aromatic rings. The Balaban J connectivity index is 4.37. The number of nitrogens with one attached hydrogen (secondary N) is 2. The Hall–Kier alpha value is -1.30. The molecular formula is C11H23N3O3. The van der Waals surface area contributed by atoms with Gasteiger partial charge in [-0.3, -0.25) is 4.79 Å². The Bertz CT molecular complexity index is 272. The Morgan fingerprint density at radius 2 is 1.88 bits per heavy atom. The molecule has 0 rings (SSSR count). The monoisotopic (exact) mass is 245 g/mol. The van der Waals surface area contributed by atoms with E-state index >= 15 is 0 Å². The lowest BCUT2D eigenvalue weighted by atomic mass is 10.0. The average molecular weight is 245 g/mol. The van der Waals surface area contributed by atoms with Gasteiger partial charge >= 0.3 is 6.03 Å². The van der Waals surface area contributed by atoms with Gasteiger partial charge in [0.25, 0.3) is 0 Å². The highest BCUT2D eigenvalue weighted by Crippen LogP contribution is 2.05. The van der Waals surface area contributed by atoms with E-state index in [0.717, 1.165) is 0 Å². The van der Waals surface area contributed by atoms with Crippen LogP contribution >= 0.6 is 0 Å². The van der Waals surface area contributed by atoms with Gasteiger partial charge in [0.15, 0.2) is 0 Å². The van der Waals surface area contributed by atoms with Crippen LogP contribution < -0.4 is 16.4 Å². The second-order valence-electron chi connectivity index (χ2n) is 5.22. The molecule has 1 unspecified atom stereocenters. The highest BCUT2D eigenvalue weighted by Gasteiger charge is 2.22. The Morgan fingerprint density at radius 3 is 2.24 bits per heavy atom. The van der Waals surface area contributed by atoms with Crippen LogP contribution in [0, 0.1) is 5.92 Å². The van der Waals surface area contributed by atoms with Crippen molar-refractivity contribution in [1.29, 1.82) is 0 Å². The molecule has 0 aromatic carbocycles. The fraction of sp³-hybridized carbons (Fsp3) is 0.818. The molecule has 3 amide bonds. The summed E-state index contributed by atoms with van der Waals surface area (Å²) in [5, 5.41) is 14.5. The van der Waals surface area contributed by atoms with Gasteiger partial charge in [-0.15, -0.1) is 0 Å². The lowest BCUT2D eigenvalue weighted by molar-refractivity contribution is -0.124. The number of aliphatic hydroxyl groups is 1. The quantitative estimate of drug-likeness (QED) is 0.527. The summed E-state index contributed by atoms with van der Waals surface area (Å²) in [6, 6.07) is -1.39. The molecule has 0 bridgehead atoms. The van der Waals surface area contributed by atoms with Crippen LogP contribution in [0.5, 0.6) is 0 Å². The van der Waals surface area contributed by atoms with Gasteiger partial charge in [0.1, 0.15) is 6.04 Å². The van der Waals surface area contributed by atoms with E-state index in [-0.39, 0.29) is 18.4 Å². The summed E-state index contributed by atoms with van der Waals surface area (Å²) in [5.41, 5.74) is 4.03.